The van der Waals surface area contributed by atoms with Crippen LogP contribution in [0.25, 0.3) is 0 Å². The molecular weight excluding hydrogens is 322 g/mol. The van der Waals surface area contributed by atoms with Crippen LogP contribution >= 0.6 is 15.9 Å². The van der Waals surface area contributed by atoms with E-state index >= 15 is 0 Å². The number of nitro groups is 1. The van der Waals surface area contributed by atoms with E-state index in [-0.39, 0.29) is 21.9 Å². The molecule has 0 radical (unpaired) electrons. The van der Waals surface area contributed by atoms with Gasteiger partial charge in [-0.25, -0.2) is 0 Å². The van der Waals surface area contributed by atoms with E-state index in [4.69, 9.17) is 4.74 Å². The van der Waals surface area contributed by atoms with Gasteiger partial charge in [-0.3, -0.25) is 10.1 Å². The Hall–Kier alpha value is -1.10. The predicted molar refractivity (Wildman–Crippen MR) is 84.7 cm³/mol. The van der Waals surface area contributed by atoms with Crippen LogP contribution in [0.3, 0.4) is 0 Å². The topological polar surface area (TPSA) is 52.4 Å². The largest absolute Gasteiger partial charge is 0.486 e. The molecule has 0 aromatic heterocycles. The second-order valence-electron chi connectivity index (χ2n) is 5.94. The molecule has 1 atom stereocenters. The zero-order chi connectivity index (χ0) is 15.3. The summed E-state index contributed by atoms with van der Waals surface area (Å²) in [5.74, 6) is 0.635. The van der Waals surface area contributed by atoms with Crippen molar-refractivity contribution in [2.24, 2.45) is 11.3 Å². The number of hydrogen-bond acceptors (Lipinski definition) is 3. The van der Waals surface area contributed by atoms with Gasteiger partial charge in [0.15, 0.2) is 5.75 Å². The molecule has 5 heteroatoms. The molecular formula is C15H22BrNO3. The van der Waals surface area contributed by atoms with Crippen LogP contribution in [-0.2, 0) is 6.42 Å². The number of rotatable bonds is 6. The van der Waals surface area contributed by atoms with Crippen LogP contribution in [0.4, 0.5) is 5.69 Å². The number of halogens is 1. The molecule has 1 rings (SSSR count). The zero-order valence-electron chi connectivity index (χ0n) is 12.5. The minimum Gasteiger partial charge on any atom is -0.486 e. The van der Waals surface area contributed by atoms with Gasteiger partial charge in [-0.05, 0) is 23.5 Å². The molecule has 0 saturated carbocycles. The van der Waals surface area contributed by atoms with Gasteiger partial charge in [0.25, 0.3) is 0 Å². The molecule has 0 aliphatic carbocycles. The average molecular weight is 344 g/mol. The molecule has 0 fully saturated rings. The molecule has 0 aliphatic heterocycles. The lowest BCUT2D eigenvalue weighted by molar-refractivity contribution is -0.386. The highest BCUT2D eigenvalue weighted by Gasteiger charge is 2.25. The molecule has 112 valence electrons. The van der Waals surface area contributed by atoms with Gasteiger partial charge in [-0.2, -0.15) is 0 Å². The van der Waals surface area contributed by atoms with Crippen molar-refractivity contribution in [2.45, 2.75) is 34.1 Å². The van der Waals surface area contributed by atoms with Crippen LogP contribution in [0.15, 0.2) is 18.2 Å². The first-order valence-corrected chi connectivity index (χ1v) is 7.87. The van der Waals surface area contributed by atoms with E-state index in [9.17, 15) is 10.1 Å². The fraction of sp³-hybridized carbons (Fsp3) is 0.600. The summed E-state index contributed by atoms with van der Waals surface area (Å²) in [7, 11) is 0. The Bertz CT molecular complexity index is 469. The maximum absolute atomic E-state index is 11.1. The van der Waals surface area contributed by atoms with Crippen LogP contribution in [-0.4, -0.2) is 16.9 Å². The molecule has 0 bridgehead atoms. The summed E-state index contributed by atoms with van der Waals surface area (Å²) in [6.45, 7) is 8.84. The van der Waals surface area contributed by atoms with E-state index in [0.717, 1.165) is 17.3 Å². The first kappa shape index (κ1) is 17.0. The van der Waals surface area contributed by atoms with Crippen molar-refractivity contribution in [1.29, 1.82) is 0 Å². The van der Waals surface area contributed by atoms with Gasteiger partial charge in [0.05, 0.1) is 11.5 Å². The number of aryl methyl sites for hydroxylation is 1. The predicted octanol–water partition coefficient (Wildman–Crippen LogP) is 4.59. The second kappa shape index (κ2) is 7.07. The summed E-state index contributed by atoms with van der Waals surface area (Å²) in [4.78, 5) is 10.7. The molecule has 0 saturated heterocycles. The highest BCUT2D eigenvalue weighted by Crippen LogP contribution is 2.32. The molecule has 20 heavy (non-hydrogen) atoms. The monoisotopic (exact) mass is 343 g/mol. The quantitative estimate of drug-likeness (QED) is 0.431. The number of ether oxygens (including phenoxy) is 1. The van der Waals surface area contributed by atoms with E-state index < -0.39 is 0 Å². The Labute approximate surface area is 128 Å². The zero-order valence-corrected chi connectivity index (χ0v) is 14.1. The lowest BCUT2D eigenvalue weighted by Gasteiger charge is -2.28. The minimum atomic E-state index is -0.380. The van der Waals surface area contributed by atoms with Crippen molar-refractivity contribution in [1.82, 2.24) is 0 Å². The number of hydrogen-bond donors (Lipinski definition) is 0. The van der Waals surface area contributed by atoms with E-state index in [1.807, 2.05) is 13.0 Å². The van der Waals surface area contributed by atoms with E-state index in [1.54, 1.807) is 12.1 Å². The lowest BCUT2D eigenvalue weighted by Crippen LogP contribution is -2.28. The Balaban J connectivity index is 2.89. The third-order valence-electron chi connectivity index (χ3n) is 3.48. The standard InChI is InChI=1S/C15H22BrNO3/c1-5-11-6-7-14(13(8-11)17(18)19)20-10-12(9-16)15(2,3)4/h6-8,12H,5,9-10H2,1-4H3. The number of alkyl halides is 1. The normalized spacial score (nSPS) is 13.1. The summed E-state index contributed by atoms with van der Waals surface area (Å²) in [5.41, 5.74) is 1.07. The Morgan fingerprint density at radius 2 is 2.05 bits per heavy atom. The van der Waals surface area contributed by atoms with Crippen LogP contribution in [0, 0.1) is 21.4 Å². The molecule has 0 aliphatic rings. The fourth-order valence-electron chi connectivity index (χ4n) is 1.76. The van der Waals surface area contributed by atoms with Crippen molar-refractivity contribution in [3.8, 4) is 5.75 Å². The van der Waals surface area contributed by atoms with Crippen molar-refractivity contribution in [3.63, 3.8) is 0 Å². The number of benzene rings is 1. The summed E-state index contributed by atoms with van der Waals surface area (Å²) in [5, 5.41) is 11.9. The fourth-order valence-corrected chi connectivity index (χ4v) is 2.92. The molecule has 1 unspecified atom stereocenters. The SMILES string of the molecule is CCc1ccc(OCC(CBr)C(C)(C)C)c([N+](=O)[O-])c1. The Kier molecular flexibility index (Phi) is 5.99. The maximum atomic E-state index is 11.1. The van der Waals surface area contributed by atoms with Crippen LogP contribution in [0.2, 0.25) is 0 Å². The summed E-state index contributed by atoms with van der Waals surface area (Å²) in [6, 6.07) is 5.17. The first-order chi connectivity index (χ1) is 9.29. The van der Waals surface area contributed by atoms with Gasteiger partial charge in [0.2, 0.25) is 0 Å². The summed E-state index contributed by atoms with van der Waals surface area (Å²) < 4.78 is 5.71. The van der Waals surface area contributed by atoms with Gasteiger partial charge in [-0.1, -0.05) is 49.7 Å². The number of nitrogens with zero attached hydrogens (tertiary/aromatic N) is 1. The van der Waals surface area contributed by atoms with Gasteiger partial charge in [-0.15, -0.1) is 0 Å². The third-order valence-corrected chi connectivity index (χ3v) is 4.26. The van der Waals surface area contributed by atoms with Gasteiger partial charge >= 0.3 is 5.69 Å². The van der Waals surface area contributed by atoms with E-state index in [0.29, 0.717) is 12.4 Å². The minimum absolute atomic E-state index is 0.0478. The molecule has 4 nitrogen and oxygen atoms in total. The van der Waals surface area contributed by atoms with Crippen molar-refractivity contribution in [3.05, 3.63) is 33.9 Å². The molecule has 0 spiro atoms. The highest BCUT2D eigenvalue weighted by molar-refractivity contribution is 9.09. The molecule has 0 heterocycles. The van der Waals surface area contributed by atoms with Crippen molar-refractivity contribution < 1.29 is 9.66 Å². The molecule has 0 amide bonds. The van der Waals surface area contributed by atoms with E-state index in [1.165, 1.54) is 0 Å². The van der Waals surface area contributed by atoms with Crippen molar-refractivity contribution >= 4 is 21.6 Å². The smallest absolute Gasteiger partial charge is 0.311 e. The molecule has 1 aromatic rings. The van der Waals surface area contributed by atoms with Gasteiger partial charge < -0.3 is 4.74 Å². The number of nitro benzene ring substituents is 1. The third kappa shape index (κ3) is 4.47. The summed E-state index contributed by atoms with van der Waals surface area (Å²) in [6.07, 6.45) is 0.771. The lowest BCUT2D eigenvalue weighted by atomic mass is 9.83. The highest BCUT2D eigenvalue weighted by atomic mass is 79.9. The van der Waals surface area contributed by atoms with Gasteiger partial charge in [0, 0.05) is 17.3 Å². The van der Waals surface area contributed by atoms with Crippen LogP contribution in [0.5, 0.6) is 5.75 Å². The van der Waals surface area contributed by atoms with E-state index in [2.05, 4.69) is 36.7 Å². The molecule has 1 aromatic carbocycles. The molecule has 0 N–H and O–H groups in total. The van der Waals surface area contributed by atoms with Crippen molar-refractivity contribution in [2.75, 3.05) is 11.9 Å². The first-order valence-electron chi connectivity index (χ1n) is 6.75. The Morgan fingerprint density at radius 3 is 2.50 bits per heavy atom. The van der Waals surface area contributed by atoms with Crippen LogP contribution < -0.4 is 4.74 Å². The van der Waals surface area contributed by atoms with Crippen LogP contribution in [0.1, 0.15) is 33.3 Å². The average Bonchev–Trinajstić information content (AvgIpc) is 2.37. The Morgan fingerprint density at radius 1 is 1.40 bits per heavy atom. The second-order valence-corrected chi connectivity index (χ2v) is 6.59. The summed E-state index contributed by atoms with van der Waals surface area (Å²) >= 11 is 3.48. The maximum Gasteiger partial charge on any atom is 0.311 e. The van der Waals surface area contributed by atoms with Gasteiger partial charge in [0.1, 0.15) is 0 Å².